The quantitative estimate of drug-likeness (QED) is 0.490. The van der Waals surface area contributed by atoms with Crippen LogP contribution in [-0.2, 0) is 13.1 Å². The average Bonchev–Trinajstić information content (AvgIpc) is 3.44. The van der Waals surface area contributed by atoms with Crippen LogP contribution in [0.15, 0.2) is 41.8 Å². The maximum Gasteiger partial charge on any atom is 0.272 e. The number of ether oxygens (including phenoxy) is 2. The lowest BCUT2D eigenvalue weighted by Crippen LogP contribution is -2.30. The summed E-state index contributed by atoms with van der Waals surface area (Å²) in [6.07, 6.45) is 1.78. The van der Waals surface area contributed by atoms with Crippen LogP contribution >= 0.6 is 24.8 Å². The first kappa shape index (κ1) is 25.1. The third-order valence-corrected chi connectivity index (χ3v) is 6.71. The van der Waals surface area contributed by atoms with Crippen molar-refractivity contribution in [2.24, 2.45) is 0 Å². The maximum absolute atomic E-state index is 13.1. The summed E-state index contributed by atoms with van der Waals surface area (Å²) in [7, 11) is 3.52. The Hall–Kier alpha value is -2.49. The molecule has 0 saturated heterocycles. The number of thiophene rings is 1. The Balaban J connectivity index is 0.00000306. The zero-order valence-electron chi connectivity index (χ0n) is 19.3. The average molecular weight is 489 g/mol. The second-order valence-electron chi connectivity index (χ2n) is 7.98. The van der Waals surface area contributed by atoms with Crippen LogP contribution in [0.4, 0.5) is 0 Å². The van der Waals surface area contributed by atoms with Gasteiger partial charge in [0.15, 0.2) is 0 Å². The minimum Gasteiger partial charge on any atom is -0.485 e. The number of hydrogen-bond acceptors (Lipinski definition) is 6. The van der Waals surface area contributed by atoms with Crippen molar-refractivity contribution >= 4 is 30.7 Å². The highest BCUT2D eigenvalue weighted by atomic mass is 32.1. The van der Waals surface area contributed by atoms with Crippen LogP contribution in [0.5, 0.6) is 11.6 Å². The number of amides is 1. The third kappa shape index (κ3) is 5.90. The summed E-state index contributed by atoms with van der Waals surface area (Å²) >= 11 is 1.72. The molecule has 1 aliphatic heterocycles. The van der Waals surface area contributed by atoms with E-state index >= 15 is 0 Å². The molecule has 33 heavy (non-hydrogen) atoms. The maximum atomic E-state index is 13.1. The monoisotopic (exact) mass is 488 g/mol. The Morgan fingerprint density at radius 3 is 2.79 bits per heavy atom. The first-order chi connectivity index (χ1) is 15.6. The molecule has 1 amide bonds. The van der Waals surface area contributed by atoms with Gasteiger partial charge in [-0.05, 0) is 61.6 Å². The fourth-order valence-electron chi connectivity index (χ4n) is 3.96. The van der Waals surface area contributed by atoms with E-state index in [0.717, 1.165) is 36.3 Å². The fourth-order valence-corrected chi connectivity index (χ4v) is 4.75. The molecule has 0 aliphatic carbocycles. The van der Waals surface area contributed by atoms with Crippen LogP contribution in [0.2, 0.25) is 0 Å². The Morgan fingerprint density at radius 1 is 1.24 bits per heavy atom. The minimum atomic E-state index is -0.0112. The molecule has 178 valence electrons. The summed E-state index contributed by atoms with van der Waals surface area (Å²) in [5, 5.41) is 9.64. The zero-order valence-corrected chi connectivity index (χ0v) is 21.2. The van der Waals surface area contributed by atoms with Crippen molar-refractivity contribution in [2.75, 3.05) is 27.2 Å². The predicted molar refractivity (Wildman–Crippen MR) is 136 cm³/mol. The molecule has 1 N–H and O–H groups in total. The van der Waals surface area contributed by atoms with Gasteiger partial charge < -0.3 is 19.7 Å². The molecular weight excluding hydrogens is 456 g/mol. The zero-order chi connectivity index (χ0) is 22.5. The molecule has 0 fully saturated rings. The lowest BCUT2D eigenvalue weighted by atomic mass is 10.1. The van der Waals surface area contributed by atoms with Crippen LogP contribution in [-0.4, -0.2) is 47.8 Å². The van der Waals surface area contributed by atoms with Gasteiger partial charge in [-0.2, -0.15) is 13.5 Å². The third-order valence-electron chi connectivity index (χ3n) is 5.74. The minimum absolute atomic E-state index is 0. The number of fused-ring (bicyclic) bond motifs is 1. The number of carbonyl (C=O) groups is 1. The SMILES string of the molecule is CNCC[C@H](Oc1ccc(CN2CCCn3nc(OC)cc3C2=O)c(C)c1)c1cccs1.S. The lowest BCUT2D eigenvalue weighted by molar-refractivity contribution is 0.0745. The number of nitrogens with one attached hydrogen (secondary N) is 1. The van der Waals surface area contributed by atoms with Crippen LogP contribution in [0.3, 0.4) is 0 Å². The Labute approximate surface area is 206 Å². The van der Waals surface area contributed by atoms with E-state index in [-0.39, 0.29) is 25.5 Å². The summed E-state index contributed by atoms with van der Waals surface area (Å²) in [6.45, 7) is 4.94. The first-order valence-corrected chi connectivity index (χ1v) is 11.8. The topological polar surface area (TPSA) is 68.6 Å². The van der Waals surface area contributed by atoms with Crippen LogP contribution < -0.4 is 14.8 Å². The summed E-state index contributed by atoms with van der Waals surface area (Å²) < 4.78 is 13.3. The number of carbonyl (C=O) groups excluding carboxylic acids is 1. The second-order valence-corrected chi connectivity index (χ2v) is 8.96. The van der Waals surface area contributed by atoms with Gasteiger partial charge in [0.25, 0.3) is 5.91 Å². The van der Waals surface area contributed by atoms with Gasteiger partial charge >= 0.3 is 0 Å². The van der Waals surface area contributed by atoms with Crippen LogP contribution in [0.1, 0.15) is 45.4 Å². The van der Waals surface area contributed by atoms with Gasteiger partial charge in [-0.15, -0.1) is 16.4 Å². The van der Waals surface area contributed by atoms with Gasteiger partial charge in [0.05, 0.1) is 7.11 Å². The van der Waals surface area contributed by atoms with Crippen LogP contribution in [0, 0.1) is 6.92 Å². The molecule has 1 atom stereocenters. The van der Waals surface area contributed by atoms with Crippen molar-refractivity contribution in [2.45, 2.75) is 39.0 Å². The second kappa shape index (κ2) is 11.6. The molecule has 0 radical (unpaired) electrons. The van der Waals surface area contributed by atoms with E-state index < -0.39 is 0 Å². The van der Waals surface area contributed by atoms with Gasteiger partial charge in [-0.25, -0.2) is 0 Å². The number of aromatic nitrogens is 2. The van der Waals surface area contributed by atoms with Crippen molar-refractivity contribution in [3.63, 3.8) is 0 Å². The number of methoxy groups -OCH3 is 1. The van der Waals surface area contributed by atoms with Gasteiger partial charge in [0.1, 0.15) is 17.5 Å². The number of benzene rings is 1. The van der Waals surface area contributed by atoms with Crippen molar-refractivity contribution in [3.8, 4) is 11.6 Å². The summed E-state index contributed by atoms with van der Waals surface area (Å²) in [5.74, 6) is 1.32. The highest BCUT2D eigenvalue weighted by molar-refractivity contribution is 7.59. The van der Waals surface area contributed by atoms with Gasteiger partial charge in [0.2, 0.25) is 5.88 Å². The highest BCUT2D eigenvalue weighted by Gasteiger charge is 2.25. The molecule has 1 aromatic carbocycles. The molecule has 0 unspecified atom stereocenters. The van der Waals surface area contributed by atoms with E-state index in [1.54, 1.807) is 29.2 Å². The van der Waals surface area contributed by atoms with Crippen molar-refractivity contribution in [1.82, 2.24) is 20.0 Å². The van der Waals surface area contributed by atoms with Crippen LogP contribution in [0.25, 0.3) is 0 Å². The largest absolute Gasteiger partial charge is 0.485 e. The molecule has 3 heterocycles. The molecule has 0 spiro atoms. The smallest absolute Gasteiger partial charge is 0.272 e. The highest BCUT2D eigenvalue weighted by Crippen LogP contribution is 2.29. The number of rotatable bonds is 9. The Bertz CT molecular complexity index is 1050. The predicted octanol–water partition coefficient (Wildman–Crippen LogP) is 4.15. The van der Waals surface area contributed by atoms with E-state index in [2.05, 4.69) is 47.0 Å². The van der Waals surface area contributed by atoms with E-state index in [4.69, 9.17) is 9.47 Å². The van der Waals surface area contributed by atoms with Gasteiger partial charge in [-0.1, -0.05) is 12.1 Å². The molecule has 4 rings (SSSR count). The van der Waals surface area contributed by atoms with Crippen molar-refractivity contribution < 1.29 is 14.3 Å². The molecular formula is C24H32N4O3S2. The van der Waals surface area contributed by atoms with E-state index in [1.807, 2.05) is 18.0 Å². The van der Waals surface area contributed by atoms with Gasteiger partial charge in [-0.3, -0.25) is 9.48 Å². The summed E-state index contributed by atoms with van der Waals surface area (Å²) in [6, 6.07) is 12.1. The first-order valence-electron chi connectivity index (χ1n) is 10.9. The Morgan fingerprint density at radius 2 is 2.09 bits per heavy atom. The number of nitrogens with zero attached hydrogens (tertiary/aromatic N) is 3. The molecule has 7 nitrogen and oxygen atoms in total. The molecule has 9 heteroatoms. The molecule has 0 bridgehead atoms. The lowest BCUT2D eigenvalue weighted by Gasteiger charge is -2.22. The fraction of sp³-hybridized carbons (Fsp3) is 0.417. The number of aryl methyl sites for hydroxylation is 2. The molecule has 1 aliphatic rings. The molecule has 2 aromatic heterocycles. The van der Waals surface area contributed by atoms with Gasteiger partial charge in [0, 0.05) is 37.0 Å². The van der Waals surface area contributed by atoms with E-state index in [1.165, 1.54) is 4.88 Å². The standard InChI is InChI=1S/C24H30N4O3S.H2S/c1-17-14-19(31-21(9-10-25-2)22-6-4-13-32-22)8-7-18(17)16-27-11-5-12-28-20(24(27)29)15-23(26-28)30-3;/h4,6-8,13-15,21,25H,5,9-12,16H2,1-3H3;1H2/t21-;/m0./s1. The van der Waals surface area contributed by atoms with E-state index in [0.29, 0.717) is 31.2 Å². The van der Waals surface area contributed by atoms with Crippen molar-refractivity contribution in [3.05, 3.63) is 63.5 Å². The molecule has 3 aromatic rings. The van der Waals surface area contributed by atoms with E-state index in [9.17, 15) is 4.79 Å². The van der Waals surface area contributed by atoms with Crippen molar-refractivity contribution in [1.29, 1.82) is 0 Å². The number of hydrogen-bond donors (Lipinski definition) is 1. The Kier molecular flexibility index (Phi) is 8.82. The molecule has 0 saturated carbocycles. The summed E-state index contributed by atoms with van der Waals surface area (Å²) in [4.78, 5) is 16.2. The normalized spacial score (nSPS) is 14.3. The summed E-state index contributed by atoms with van der Waals surface area (Å²) in [5.41, 5.74) is 2.82.